The number of likely N-dealkylation sites (N-methyl/N-ethyl adjacent to an activating group) is 1. The number of amides is 1. The molecule has 0 saturated carbocycles. The van der Waals surface area contributed by atoms with Crippen molar-refractivity contribution in [2.75, 3.05) is 30.0 Å². The molecule has 158 valence electrons. The molecule has 1 aromatic heterocycles. The molecule has 0 bridgehead atoms. The highest BCUT2D eigenvalue weighted by Crippen LogP contribution is 2.30. The monoisotopic (exact) mass is 443 g/mol. The molecule has 30 heavy (non-hydrogen) atoms. The molecule has 8 heteroatoms. The maximum absolute atomic E-state index is 13.3. The van der Waals surface area contributed by atoms with Crippen molar-refractivity contribution in [1.29, 1.82) is 0 Å². The molecule has 4 rings (SSSR count). The van der Waals surface area contributed by atoms with E-state index in [1.165, 1.54) is 0 Å². The minimum absolute atomic E-state index is 0.0186. The van der Waals surface area contributed by atoms with Crippen molar-refractivity contribution in [3.05, 3.63) is 59.6 Å². The Labute approximate surface area is 181 Å². The summed E-state index contributed by atoms with van der Waals surface area (Å²) in [6, 6.07) is 17.0. The van der Waals surface area contributed by atoms with Gasteiger partial charge in [-0.1, -0.05) is 30.3 Å². The summed E-state index contributed by atoms with van der Waals surface area (Å²) in [5.74, 6) is 0.0514. The number of sulfone groups is 1. The summed E-state index contributed by atoms with van der Waals surface area (Å²) in [4.78, 5) is 21.7. The van der Waals surface area contributed by atoms with Gasteiger partial charge in [-0.25, -0.2) is 13.4 Å². The van der Waals surface area contributed by atoms with Crippen LogP contribution in [0.4, 0.5) is 5.69 Å². The lowest BCUT2D eigenvalue weighted by atomic mass is 10.1. The van der Waals surface area contributed by atoms with E-state index in [4.69, 9.17) is 4.98 Å². The van der Waals surface area contributed by atoms with Gasteiger partial charge in [0.1, 0.15) is 5.01 Å². The van der Waals surface area contributed by atoms with Crippen LogP contribution >= 0.6 is 11.3 Å². The van der Waals surface area contributed by atoms with E-state index in [1.54, 1.807) is 16.2 Å². The van der Waals surface area contributed by atoms with Crippen molar-refractivity contribution in [2.45, 2.75) is 25.4 Å². The number of hydrogen-bond donors (Lipinski definition) is 0. The topological polar surface area (TPSA) is 70.6 Å². The first kappa shape index (κ1) is 21.0. The average Bonchev–Trinajstić information content (AvgIpc) is 3.31. The Morgan fingerprint density at radius 2 is 1.87 bits per heavy atom. The number of nitrogens with zero attached hydrogens (tertiary/aromatic N) is 3. The highest BCUT2D eigenvalue weighted by atomic mass is 32.2. The molecule has 2 unspecified atom stereocenters. The van der Waals surface area contributed by atoms with Crippen LogP contribution in [0.1, 0.15) is 24.4 Å². The van der Waals surface area contributed by atoms with E-state index in [1.807, 2.05) is 73.5 Å². The molecule has 0 aliphatic carbocycles. The van der Waals surface area contributed by atoms with Crippen molar-refractivity contribution >= 4 is 43.0 Å². The molecule has 1 aliphatic heterocycles. The summed E-state index contributed by atoms with van der Waals surface area (Å²) in [5.41, 5.74) is 1.71. The van der Waals surface area contributed by atoms with Crippen LogP contribution in [0.25, 0.3) is 10.2 Å². The molecule has 2 atom stereocenters. The van der Waals surface area contributed by atoms with Crippen LogP contribution < -0.4 is 4.90 Å². The highest BCUT2D eigenvalue weighted by molar-refractivity contribution is 7.91. The number of aromatic nitrogens is 1. The molecule has 2 aromatic carbocycles. The summed E-state index contributed by atoms with van der Waals surface area (Å²) < 4.78 is 25.2. The Balaban J connectivity index is 1.54. The first-order valence-electron chi connectivity index (χ1n) is 9.97. The second-order valence-corrected chi connectivity index (χ2v) is 11.1. The van der Waals surface area contributed by atoms with Crippen molar-refractivity contribution in [3.8, 4) is 0 Å². The SMILES string of the molecule is CC(c1nc2ccccc2s1)N(C)CC(=O)N(c1ccccc1)C1CCS(=O)(=O)C1. The van der Waals surface area contributed by atoms with E-state index in [-0.39, 0.29) is 36.0 Å². The zero-order valence-electron chi connectivity index (χ0n) is 17.1. The van der Waals surface area contributed by atoms with Gasteiger partial charge >= 0.3 is 0 Å². The molecule has 1 aliphatic rings. The number of rotatable bonds is 6. The standard InChI is InChI=1S/C22H25N3O3S2/c1-16(22-23-19-10-6-7-11-20(19)29-22)24(2)14-21(26)25(17-8-4-3-5-9-17)18-12-13-30(27,28)15-18/h3-11,16,18H,12-15H2,1-2H3. The number of anilines is 1. The third-order valence-corrected chi connectivity index (χ3v) is 8.55. The highest BCUT2D eigenvalue weighted by Gasteiger charge is 2.36. The predicted molar refractivity (Wildman–Crippen MR) is 122 cm³/mol. The van der Waals surface area contributed by atoms with Gasteiger partial charge in [0.25, 0.3) is 0 Å². The van der Waals surface area contributed by atoms with Crippen molar-refractivity contribution in [3.63, 3.8) is 0 Å². The molecule has 0 N–H and O–H groups in total. The summed E-state index contributed by atoms with van der Waals surface area (Å²) >= 11 is 1.63. The van der Waals surface area contributed by atoms with Gasteiger partial charge in [0, 0.05) is 5.69 Å². The van der Waals surface area contributed by atoms with E-state index < -0.39 is 9.84 Å². The van der Waals surface area contributed by atoms with Crippen molar-refractivity contribution < 1.29 is 13.2 Å². The third-order valence-electron chi connectivity index (χ3n) is 5.59. The second-order valence-electron chi connectivity index (χ2n) is 7.77. The fourth-order valence-electron chi connectivity index (χ4n) is 3.81. The molecule has 0 radical (unpaired) electrons. The first-order chi connectivity index (χ1) is 14.3. The number of carbonyl (C=O) groups is 1. The average molecular weight is 444 g/mol. The molecule has 2 heterocycles. The van der Waals surface area contributed by atoms with E-state index in [2.05, 4.69) is 0 Å². The molecule has 3 aromatic rings. The number of benzene rings is 2. The van der Waals surface area contributed by atoms with Gasteiger partial charge in [-0.05, 0) is 44.7 Å². The first-order valence-corrected chi connectivity index (χ1v) is 12.6. The van der Waals surface area contributed by atoms with E-state index in [0.29, 0.717) is 6.42 Å². The van der Waals surface area contributed by atoms with Crippen LogP contribution in [0.15, 0.2) is 54.6 Å². The Hall–Kier alpha value is -2.29. The van der Waals surface area contributed by atoms with Gasteiger partial charge in [-0.3, -0.25) is 9.69 Å². The van der Waals surface area contributed by atoms with Gasteiger partial charge in [0.2, 0.25) is 5.91 Å². The lowest BCUT2D eigenvalue weighted by molar-refractivity contribution is -0.120. The summed E-state index contributed by atoms with van der Waals surface area (Å²) in [6.07, 6.45) is 0.472. The largest absolute Gasteiger partial charge is 0.307 e. The smallest absolute Gasteiger partial charge is 0.241 e. The van der Waals surface area contributed by atoms with Crippen LogP contribution in [0.2, 0.25) is 0 Å². The van der Waals surface area contributed by atoms with Gasteiger partial charge in [0.15, 0.2) is 9.84 Å². The van der Waals surface area contributed by atoms with Crippen molar-refractivity contribution in [1.82, 2.24) is 9.88 Å². The number of hydrogen-bond acceptors (Lipinski definition) is 6. The number of carbonyl (C=O) groups excluding carboxylic acids is 1. The van der Waals surface area contributed by atoms with Gasteiger partial charge < -0.3 is 4.90 Å². The Kier molecular flexibility index (Phi) is 5.90. The van der Waals surface area contributed by atoms with Gasteiger partial charge in [0.05, 0.1) is 40.4 Å². The predicted octanol–water partition coefficient (Wildman–Crippen LogP) is 3.51. The van der Waals surface area contributed by atoms with Crippen molar-refractivity contribution in [2.24, 2.45) is 0 Å². The molecule has 1 fully saturated rings. The molecule has 1 amide bonds. The number of thiazole rings is 1. The Morgan fingerprint density at radius 3 is 2.53 bits per heavy atom. The second kappa shape index (κ2) is 8.45. The van der Waals surface area contributed by atoms with E-state index in [9.17, 15) is 13.2 Å². The minimum atomic E-state index is -3.10. The van der Waals surface area contributed by atoms with Gasteiger partial charge in [-0.15, -0.1) is 11.3 Å². The molecule has 6 nitrogen and oxygen atoms in total. The summed E-state index contributed by atoms with van der Waals surface area (Å²) in [7, 11) is -1.19. The van der Waals surface area contributed by atoms with Crippen LogP contribution in [0.3, 0.4) is 0 Å². The molecule has 1 saturated heterocycles. The zero-order valence-corrected chi connectivity index (χ0v) is 18.7. The fraction of sp³-hybridized carbons (Fsp3) is 0.364. The Bertz CT molecular complexity index is 1110. The summed E-state index contributed by atoms with van der Waals surface area (Å²) in [6.45, 7) is 2.22. The molecule has 0 spiro atoms. The number of fused-ring (bicyclic) bond motifs is 1. The van der Waals surface area contributed by atoms with E-state index >= 15 is 0 Å². The summed E-state index contributed by atoms with van der Waals surface area (Å²) in [5, 5.41) is 0.959. The van der Waals surface area contributed by atoms with Crippen LogP contribution in [0.5, 0.6) is 0 Å². The quantitative estimate of drug-likeness (QED) is 0.583. The minimum Gasteiger partial charge on any atom is -0.307 e. The normalized spacial score (nSPS) is 19.2. The Morgan fingerprint density at radius 1 is 1.17 bits per heavy atom. The molecular weight excluding hydrogens is 418 g/mol. The lowest BCUT2D eigenvalue weighted by Gasteiger charge is -2.31. The number of para-hydroxylation sites is 2. The van der Waals surface area contributed by atoms with Gasteiger partial charge in [-0.2, -0.15) is 0 Å². The third kappa shape index (κ3) is 4.40. The van der Waals surface area contributed by atoms with Crippen LogP contribution in [0, 0.1) is 0 Å². The maximum atomic E-state index is 13.3. The zero-order chi connectivity index (χ0) is 21.3. The van der Waals surface area contributed by atoms with Crippen LogP contribution in [-0.4, -0.2) is 55.3 Å². The molecular formula is C22H25N3O3S2. The van der Waals surface area contributed by atoms with E-state index in [0.717, 1.165) is 20.9 Å². The lowest BCUT2D eigenvalue weighted by Crippen LogP contribution is -2.46. The van der Waals surface area contributed by atoms with Crippen LogP contribution in [-0.2, 0) is 14.6 Å². The maximum Gasteiger partial charge on any atom is 0.241 e. The fourth-order valence-corrected chi connectivity index (χ4v) is 6.59.